The molecule has 0 aromatic rings. The molecule has 0 aliphatic rings. The van der Waals surface area contributed by atoms with Crippen molar-refractivity contribution in [1.82, 2.24) is 0 Å². The summed E-state index contributed by atoms with van der Waals surface area (Å²) < 4.78 is 74.9. The number of rotatable bonds is 66. The summed E-state index contributed by atoms with van der Waals surface area (Å²) in [7, 11) is -9.17. The quantitative estimate of drug-likeness (QED) is 0.0254. The van der Waals surface area contributed by atoms with Crippen molar-refractivity contribution in [1.29, 1.82) is 0 Å². The molecule has 0 fully saturated rings. The van der Waals surface area contributed by atoms with Gasteiger partial charge in [0, 0.05) is 0 Å². The van der Waals surface area contributed by atoms with E-state index in [1.807, 2.05) is 0 Å². The second-order valence-electron chi connectivity index (χ2n) is 24.7. The van der Waals surface area contributed by atoms with Crippen LogP contribution in [-0.2, 0) is 29.2 Å². The van der Waals surface area contributed by atoms with E-state index in [0.29, 0.717) is 0 Å². The molecule has 0 radical (unpaired) electrons. The second-order valence-corrected chi connectivity index (χ2v) is 26.8. The Balaban J connectivity index is -0.00000144. The first-order valence-corrected chi connectivity index (χ1v) is 37.9. The largest absolute Gasteiger partial charge is 2.00 e. The summed E-state index contributed by atoms with van der Waals surface area (Å²) in [6.45, 7) is 9.22. The number of hydrogen-bond acceptors (Lipinski definition) is 8. The summed E-state index contributed by atoms with van der Waals surface area (Å²) in [5.74, 6) is 0.396. The first-order chi connectivity index (χ1) is 38.0. The van der Waals surface area contributed by atoms with E-state index in [1.165, 1.54) is 334 Å². The van der Waals surface area contributed by atoms with E-state index >= 15 is 0 Å². The van der Waals surface area contributed by atoms with E-state index in [9.17, 15) is 25.9 Å². The molecule has 0 aliphatic carbocycles. The minimum atomic E-state index is -4.58. The number of unbranched alkanes of at least 4 members (excludes halogenated alkanes) is 52. The van der Waals surface area contributed by atoms with Gasteiger partial charge in [-0.05, 0) is 37.5 Å². The summed E-state index contributed by atoms with van der Waals surface area (Å²) >= 11 is 0. The minimum absolute atomic E-state index is 0. The summed E-state index contributed by atoms with van der Waals surface area (Å²) in [6, 6.07) is 0. The zero-order chi connectivity index (χ0) is 57.4. The van der Waals surface area contributed by atoms with Crippen molar-refractivity contribution in [3.8, 4) is 0 Å². The van der Waals surface area contributed by atoms with Gasteiger partial charge < -0.3 is 9.11 Å². The number of hydrogen-bond donors (Lipinski definition) is 0. The second kappa shape index (κ2) is 69.8. The van der Waals surface area contributed by atoms with Crippen LogP contribution in [-0.4, -0.2) is 76.9 Å². The van der Waals surface area contributed by atoms with Gasteiger partial charge in [-0.1, -0.05) is 387 Å². The monoisotopic (exact) mass is 1190 g/mol. The van der Waals surface area contributed by atoms with Gasteiger partial charge in [0.15, 0.2) is 0 Å². The van der Waals surface area contributed by atoms with E-state index in [-0.39, 0.29) is 62.8 Å². The van der Waals surface area contributed by atoms with E-state index < -0.39 is 20.8 Å². The fourth-order valence-corrected chi connectivity index (χ4v) is 12.2. The van der Waals surface area contributed by atoms with Crippen molar-refractivity contribution < 1.29 is 34.3 Å². The zero-order valence-corrected chi connectivity index (χ0v) is 57.6. The van der Waals surface area contributed by atoms with Crippen LogP contribution in [0.2, 0.25) is 0 Å². The van der Waals surface area contributed by atoms with Gasteiger partial charge in [0.25, 0.3) is 0 Å². The smallest absolute Gasteiger partial charge is 0.726 e. The summed E-state index contributed by atoms with van der Waals surface area (Å²) in [6.07, 6.45) is 79.1. The normalized spacial score (nSPS) is 12.6. The Labute approximate surface area is 526 Å². The molecule has 0 spiro atoms. The zero-order valence-electron chi connectivity index (χ0n) is 53.8. The maximum atomic E-state index is 10.9. The van der Waals surface area contributed by atoms with Gasteiger partial charge in [-0.15, -0.1) is 0 Å². The Hall–Kier alpha value is 1.000. The van der Waals surface area contributed by atoms with Crippen LogP contribution in [0.5, 0.6) is 0 Å². The van der Waals surface area contributed by atoms with Crippen molar-refractivity contribution in [2.45, 2.75) is 413 Å². The minimum Gasteiger partial charge on any atom is -0.726 e. The molecule has 2 atom stereocenters. The van der Waals surface area contributed by atoms with E-state index in [2.05, 4.69) is 36.1 Å². The van der Waals surface area contributed by atoms with Gasteiger partial charge in [0.05, 0.1) is 13.2 Å². The molecule has 0 bridgehead atoms. The molecule has 0 saturated heterocycles. The first kappa shape index (κ1) is 84.2. The van der Waals surface area contributed by atoms with E-state index in [0.717, 1.165) is 51.4 Å². The Morgan fingerprint density at radius 1 is 0.228 bits per heavy atom. The first-order valence-electron chi connectivity index (χ1n) is 35.2. The molecule has 0 rings (SSSR count). The molecule has 0 aromatic carbocycles. The van der Waals surface area contributed by atoms with Crippen LogP contribution in [0, 0.1) is 11.8 Å². The van der Waals surface area contributed by atoms with Crippen molar-refractivity contribution in [2.24, 2.45) is 11.8 Å². The van der Waals surface area contributed by atoms with Gasteiger partial charge in [0.2, 0.25) is 20.8 Å². The van der Waals surface area contributed by atoms with Crippen LogP contribution in [0.3, 0.4) is 0 Å². The van der Waals surface area contributed by atoms with Crippen molar-refractivity contribution in [3.05, 3.63) is 0 Å². The Morgan fingerprint density at radius 2 is 0.342 bits per heavy atom. The average molecular weight is 1190 g/mol. The molecule has 0 saturated carbocycles. The van der Waals surface area contributed by atoms with Gasteiger partial charge in [-0.3, -0.25) is 8.37 Å². The molecule has 0 N–H and O–H groups in total. The Bertz CT molecular complexity index is 1230. The Kier molecular flexibility index (Phi) is 74.4. The third-order valence-corrected chi connectivity index (χ3v) is 17.6. The predicted octanol–water partition coefficient (Wildman–Crippen LogP) is 23.3. The van der Waals surface area contributed by atoms with E-state index in [1.54, 1.807) is 0 Å². The third kappa shape index (κ3) is 79.0. The van der Waals surface area contributed by atoms with Gasteiger partial charge in [-0.25, -0.2) is 16.8 Å². The SMILES string of the molecule is CCCCCCCCCCCCCCCCCCCCC(CCCCCCCCCCCC)COS(=O)(=O)[O-].CCCCCCCCCCCCCCCCCCCCC(CCCCCCCCCCCC)COS(=O)(=O)[O-].[Ca+2]. The van der Waals surface area contributed by atoms with Crippen molar-refractivity contribution >= 4 is 58.5 Å². The molecular weight excluding hydrogens is 1050 g/mol. The standard InChI is InChI=1S/2C34H70O4S.Ca/c2*1-3-5-7-9-11-13-15-16-17-18-19-20-21-22-24-26-28-30-32-34(33-38-39(35,36)37)31-29-27-25-23-14-12-10-8-6-4-2;/h2*34H,3-33H2,1-2H3,(H,35,36,37);/q;;+2/p-2. The van der Waals surface area contributed by atoms with Crippen molar-refractivity contribution in [3.63, 3.8) is 0 Å². The van der Waals surface area contributed by atoms with Crippen LogP contribution < -0.4 is 0 Å². The molecule has 0 aliphatic heterocycles. The van der Waals surface area contributed by atoms with Crippen molar-refractivity contribution in [2.75, 3.05) is 13.2 Å². The molecular formula is C68H138CaO8S2. The van der Waals surface area contributed by atoms with Gasteiger partial charge >= 0.3 is 37.7 Å². The molecule has 79 heavy (non-hydrogen) atoms. The molecule has 472 valence electrons. The van der Waals surface area contributed by atoms with Crippen LogP contribution in [0.4, 0.5) is 0 Å². The van der Waals surface area contributed by atoms with E-state index in [4.69, 9.17) is 0 Å². The fraction of sp³-hybridized carbons (Fsp3) is 1.00. The topological polar surface area (TPSA) is 133 Å². The average Bonchev–Trinajstić information content (AvgIpc) is 3.41. The maximum Gasteiger partial charge on any atom is 2.00 e. The third-order valence-electron chi connectivity index (χ3n) is 16.8. The van der Waals surface area contributed by atoms with Crippen LogP contribution >= 0.6 is 0 Å². The maximum absolute atomic E-state index is 10.9. The predicted molar refractivity (Wildman–Crippen MR) is 344 cm³/mol. The van der Waals surface area contributed by atoms with Crippen LogP contribution in [0.15, 0.2) is 0 Å². The molecule has 2 unspecified atom stereocenters. The van der Waals surface area contributed by atoms with Crippen LogP contribution in [0.25, 0.3) is 0 Å². The fourth-order valence-electron chi connectivity index (χ4n) is 11.5. The molecule has 0 aromatic heterocycles. The molecule has 0 amide bonds. The molecule has 8 nitrogen and oxygen atoms in total. The summed E-state index contributed by atoms with van der Waals surface area (Å²) in [4.78, 5) is 0. The van der Waals surface area contributed by atoms with Gasteiger partial charge in [-0.2, -0.15) is 0 Å². The van der Waals surface area contributed by atoms with Crippen LogP contribution in [0.1, 0.15) is 413 Å². The van der Waals surface area contributed by atoms with Gasteiger partial charge in [0.1, 0.15) is 0 Å². The molecule has 11 heteroatoms. The summed E-state index contributed by atoms with van der Waals surface area (Å²) in [5, 5.41) is 0. The molecule has 0 heterocycles. The summed E-state index contributed by atoms with van der Waals surface area (Å²) in [5.41, 5.74) is 0. The Morgan fingerprint density at radius 3 is 0.456 bits per heavy atom.